The van der Waals surface area contributed by atoms with Gasteiger partial charge in [-0.2, -0.15) is 0 Å². The number of hydrogen-bond acceptors (Lipinski definition) is 0. The number of rotatable bonds is 3. The van der Waals surface area contributed by atoms with Crippen molar-refractivity contribution in [1.29, 1.82) is 0 Å². The Morgan fingerprint density at radius 3 is 0.632 bits per heavy atom. The van der Waals surface area contributed by atoms with E-state index < -0.39 is 0 Å². The van der Waals surface area contributed by atoms with E-state index in [-0.39, 0.29) is 48.7 Å². The highest BCUT2D eigenvalue weighted by Gasteiger charge is 2.43. The molecular formula is C87H96. The van der Waals surface area contributed by atoms with E-state index in [0.717, 1.165) is 0 Å². The van der Waals surface area contributed by atoms with E-state index in [1.165, 1.54) is 166 Å². The molecule has 10 aromatic rings. The first-order chi connectivity index (χ1) is 40.2. The van der Waals surface area contributed by atoms with Crippen LogP contribution < -0.4 is 0 Å². The summed E-state index contributed by atoms with van der Waals surface area (Å²) < 4.78 is 0. The molecule has 0 nitrogen and oxygen atoms in total. The lowest BCUT2D eigenvalue weighted by Crippen LogP contribution is -2.19. The Morgan fingerprint density at radius 1 is 0.195 bits per heavy atom. The van der Waals surface area contributed by atoms with Crippen molar-refractivity contribution in [2.45, 2.75) is 215 Å². The van der Waals surface area contributed by atoms with Gasteiger partial charge in [-0.05, 0) is 235 Å². The van der Waals surface area contributed by atoms with Crippen LogP contribution in [-0.4, -0.2) is 0 Å². The molecule has 0 aromatic heterocycles. The van der Waals surface area contributed by atoms with Gasteiger partial charge in [0.1, 0.15) is 0 Å². The summed E-state index contributed by atoms with van der Waals surface area (Å²) in [5.74, 6) is 0. The van der Waals surface area contributed by atoms with Crippen LogP contribution in [0.3, 0.4) is 0 Å². The van der Waals surface area contributed by atoms with Crippen molar-refractivity contribution in [2.75, 3.05) is 0 Å². The van der Waals surface area contributed by atoms with Crippen LogP contribution in [0.15, 0.2) is 146 Å². The van der Waals surface area contributed by atoms with E-state index >= 15 is 0 Å². The quantitative estimate of drug-likeness (QED) is 0.155. The zero-order chi connectivity index (χ0) is 62.8. The summed E-state index contributed by atoms with van der Waals surface area (Å²) in [5, 5.41) is 7.73. The van der Waals surface area contributed by atoms with Crippen molar-refractivity contribution in [3.05, 3.63) is 212 Å². The Morgan fingerprint density at radius 2 is 0.414 bits per heavy atom. The van der Waals surface area contributed by atoms with Gasteiger partial charge in [-0.3, -0.25) is 0 Å². The van der Waals surface area contributed by atoms with Gasteiger partial charge >= 0.3 is 0 Å². The Hall–Kier alpha value is -7.02. The minimum atomic E-state index is -0.168. The van der Waals surface area contributed by atoms with Crippen molar-refractivity contribution < 1.29 is 0 Å². The number of benzene rings is 10. The minimum absolute atomic E-state index is 0.0422. The molecule has 0 heterocycles. The fraction of sp³-hybridized carbons (Fsp3) is 0.379. The number of fused-ring (bicyclic) bond motifs is 15. The molecule has 13 rings (SSSR count). The molecule has 0 saturated carbocycles. The second-order valence-corrected chi connectivity index (χ2v) is 34.8. The smallest absolute Gasteiger partial charge is 0.0159 e. The van der Waals surface area contributed by atoms with Crippen LogP contribution in [-0.2, 0) is 48.7 Å². The maximum absolute atomic E-state index is 2.58. The third-order valence-corrected chi connectivity index (χ3v) is 21.4. The molecule has 10 aromatic carbocycles. The Labute approximate surface area is 523 Å². The maximum atomic E-state index is 2.58. The number of hydrogen-bond donors (Lipinski definition) is 0. The van der Waals surface area contributed by atoms with Gasteiger partial charge in [0.25, 0.3) is 0 Å². The maximum Gasteiger partial charge on any atom is 0.0159 e. The van der Waals surface area contributed by atoms with Crippen LogP contribution in [0.5, 0.6) is 0 Å². The first-order valence-electron chi connectivity index (χ1n) is 32.6. The van der Waals surface area contributed by atoms with Crippen molar-refractivity contribution >= 4 is 32.3 Å². The third kappa shape index (κ3) is 9.08. The van der Waals surface area contributed by atoms with Crippen molar-refractivity contribution in [3.8, 4) is 66.8 Å². The lowest BCUT2D eigenvalue weighted by Gasteiger charge is -2.28. The van der Waals surface area contributed by atoms with Crippen LogP contribution >= 0.6 is 0 Å². The lowest BCUT2D eigenvalue weighted by molar-refractivity contribution is 0.579. The molecule has 0 heteroatoms. The molecule has 0 fully saturated rings. The Bertz CT molecular complexity index is 4100. The summed E-state index contributed by atoms with van der Waals surface area (Å²) in [4.78, 5) is 0. The standard InChI is InChI=1S/C87H96/c1-79(2,3)52-28-34-61-70(43-52)85(19,20)73-46-55(82(10,11)12)40-64(76(61)73)49-25-31-58-67(37-49)59-32-26-50(65-41-56(83(13,14)15)47-74-77(65)62-35-29-53(80(4,5)6)44-71(62)86(74,21)22)39-69(59)60-33-27-51(38-68(58)60)66-42-57(84(16,17)18)48-75-78(66)63-36-30-54(81(7,8)9)45-72(63)87(75,23)24/h25-48H,1-24H3. The third-order valence-electron chi connectivity index (χ3n) is 21.4. The molecule has 0 spiro atoms. The highest BCUT2D eigenvalue weighted by molar-refractivity contribution is 6.27. The van der Waals surface area contributed by atoms with E-state index in [9.17, 15) is 0 Å². The normalized spacial score (nSPS) is 15.9. The van der Waals surface area contributed by atoms with Crippen molar-refractivity contribution in [3.63, 3.8) is 0 Å². The molecule has 0 unspecified atom stereocenters. The molecular weight excluding hydrogens is 1040 g/mol. The molecule has 0 aliphatic heterocycles. The molecule has 0 saturated heterocycles. The SMILES string of the molecule is CC(C)(C)c1ccc2c(c1)C(C)(C)c1cc(C(C)(C)C)cc(-c3ccc4c(c3)c3ccc(-c5cc(C(C)(C)C)cc6c5-c5ccc(C(C)(C)C)cc5C6(C)C)cc3c3ccc(-c5cc(C(C)(C)C)cc6c5-c5ccc(C(C)(C)C)cc5C6(C)C)cc43)c1-2. The fourth-order valence-electron chi connectivity index (χ4n) is 15.4. The average molecular weight is 1140 g/mol. The van der Waals surface area contributed by atoms with Crippen molar-refractivity contribution in [2.24, 2.45) is 0 Å². The van der Waals surface area contributed by atoms with Gasteiger partial charge in [0.15, 0.2) is 0 Å². The molecule has 444 valence electrons. The summed E-state index contributed by atoms with van der Waals surface area (Å²) >= 11 is 0. The van der Waals surface area contributed by atoms with Gasteiger partial charge in [0.2, 0.25) is 0 Å². The zero-order valence-corrected chi connectivity index (χ0v) is 57.4. The van der Waals surface area contributed by atoms with E-state index in [2.05, 4.69) is 312 Å². The molecule has 0 N–H and O–H groups in total. The van der Waals surface area contributed by atoms with Crippen LogP contribution in [0, 0.1) is 0 Å². The predicted molar refractivity (Wildman–Crippen MR) is 380 cm³/mol. The Kier molecular flexibility index (Phi) is 12.6. The minimum Gasteiger partial charge on any atom is -0.0579 e. The van der Waals surface area contributed by atoms with Gasteiger partial charge in [-0.25, -0.2) is 0 Å². The molecule has 3 aliphatic carbocycles. The summed E-state index contributed by atoms with van der Waals surface area (Å²) in [5.41, 5.74) is 32.3. The highest BCUT2D eigenvalue weighted by Crippen LogP contribution is 2.59. The topological polar surface area (TPSA) is 0 Å². The van der Waals surface area contributed by atoms with Gasteiger partial charge in [0, 0.05) is 16.2 Å². The van der Waals surface area contributed by atoms with Gasteiger partial charge in [-0.15, -0.1) is 0 Å². The molecule has 0 amide bonds. The van der Waals surface area contributed by atoms with E-state index in [1.807, 2.05) is 0 Å². The average Bonchev–Trinajstić information content (AvgIpc) is 1.66. The van der Waals surface area contributed by atoms with E-state index in [1.54, 1.807) is 0 Å². The predicted octanol–water partition coefficient (Wildman–Crippen LogP) is 24.9. The van der Waals surface area contributed by atoms with Crippen LogP contribution in [0.25, 0.3) is 99.1 Å². The second kappa shape index (κ2) is 18.5. The van der Waals surface area contributed by atoms with Crippen LogP contribution in [0.1, 0.15) is 233 Å². The molecule has 0 atom stereocenters. The first-order valence-corrected chi connectivity index (χ1v) is 32.6. The molecule has 0 bridgehead atoms. The summed E-state index contributed by atoms with van der Waals surface area (Å²) in [6.07, 6.45) is 0. The summed E-state index contributed by atoms with van der Waals surface area (Å²) in [7, 11) is 0. The van der Waals surface area contributed by atoms with Gasteiger partial charge in [0.05, 0.1) is 0 Å². The van der Waals surface area contributed by atoms with E-state index in [0.29, 0.717) is 0 Å². The Balaban J connectivity index is 1.12. The highest BCUT2D eigenvalue weighted by atomic mass is 14.5. The monoisotopic (exact) mass is 1140 g/mol. The largest absolute Gasteiger partial charge is 0.0579 e. The van der Waals surface area contributed by atoms with Crippen LogP contribution in [0.4, 0.5) is 0 Å². The zero-order valence-electron chi connectivity index (χ0n) is 57.4. The van der Waals surface area contributed by atoms with Crippen LogP contribution in [0.2, 0.25) is 0 Å². The van der Waals surface area contributed by atoms with Crippen molar-refractivity contribution in [1.82, 2.24) is 0 Å². The molecule has 0 radical (unpaired) electrons. The molecule has 87 heavy (non-hydrogen) atoms. The lowest BCUT2D eigenvalue weighted by atomic mass is 9.76. The fourth-order valence-corrected chi connectivity index (χ4v) is 15.4. The van der Waals surface area contributed by atoms with E-state index in [4.69, 9.17) is 0 Å². The first kappa shape index (κ1) is 59.0. The summed E-state index contributed by atoms with van der Waals surface area (Å²) in [6.45, 7) is 57.3. The van der Waals surface area contributed by atoms with Gasteiger partial charge in [-0.1, -0.05) is 275 Å². The molecule has 3 aliphatic rings. The van der Waals surface area contributed by atoms with Gasteiger partial charge < -0.3 is 0 Å². The summed E-state index contributed by atoms with van der Waals surface area (Å²) in [6, 6.07) is 59.9. The second-order valence-electron chi connectivity index (χ2n) is 34.8.